The van der Waals surface area contributed by atoms with E-state index in [9.17, 15) is 13.2 Å². The van der Waals surface area contributed by atoms with Gasteiger partial charge in [-0.3, -0.25) is 5.43 Å². The van der Waals surface area contributed by atoms with Gasteiger partial charge < -0.3 is 9.47 Å². The number of pyridine rings is 1. The fourth-order valence-electron chi connectivity index (χ4n) is 2.46. The van der Waals surface area contributed by atoms with Gasteiger partial charge >= 0.3 is 6.18 Å². The Morgan fingerprint density at radius 3 is 2.57 bits per heavy atom. The average Bonchev–Trinajstić information content (AvgIpc) is 2.73. The summed E-state index contributed by atoms with van der Waals surface area (Å²) >= 11 is 6.13. The zero-order valence-electron chi connectivity index (χ0n) is 15.8. The van der Waals surface area contributed by atoms with Gasteiger partial charge in [0.05, 0.1) is 18.9 Å². The molecule has 0 amide bonds. The lowest BCUT2D eigenvalue weighted by Gasteiger charge is -2.12. The van der Waals surface area contributed by atoms with Gasteiger partial charge in [0, 0.05) is 16.8 Å². The fraction of sp³-hybridized carbons (Fsp3) is 0.143. The van der Waals surface area contributed by atoms with Crippen molar-refractivity contribution in [1.82, 2.24) is 4.98 Å². The molecule has 0 aliphatic carbocycles. The lowest BCUT2D eigenvalue weighted by Crippen LogP contribution is -2.05. The van der Waals surface area contributed by atoms with E-state index in [1.807, 2.05) is 18.2 Å². The first kappa shape index (κ1) is 21.4. The van der Waals surface area contributed by atoms with Crippen molar-refractivity contribution in [2.75, 3.05) is 12.5 Å². The molecular weight excluding hydrogens is 419 g/mol. The Morgan fingerprint density at radius 1 is 1.10 bits per heavy atom. The van der Waals surface area contributed by atoms with Crippen molar-refractivity contribution in [3.05, 3.63) is 82.5 Å². The van der Waals surface area contributed by atoms with E-state index in [2.05, 4.69) is 15.5 Å². The van der Waals surface area contributed by atoms with Crippen molar-refractivity contribution in [2.45, 2.75) is 12.8 Å². The van der Waals surface area contributed by atoms with Gasteiger partial charge in [0.1, 0.15) is 12.4 Å². The number of hydrogen-bond donors (Lipinski definition) is 1. The largest absolute Gasteiger partial charge is 0.493 e. The Balaban J connectivity index is 1.63. The van der Waals surface area contributed by atoms with Gasteiger partial charge in [-0.2, -0.15) is 18.3 Å². The standard InChI is InChI=1S/C21H17ClF3N3O2/c1-29-19-10-14(6-8-18(19)30-13-15-4-2-3-5-17(15)22)11-27-28-20-9-7-16(12-26-20)21(23,24)25/h2-12H,13H2,1H3,(H,26,28)/b27-11-. The third-order valence-electron chi connectivity index (χ3n) is 4.01. The number of hydrazone groups is 1. The molecule has 0 saturated heterocycles. The van der Waals surface area contributed by atoms with E-state index in [4.69, 9.17) is 21.1 Å². The molecule has 0 spiro atoms. The first-order chi connectivity index (χ1) is 14.4. The number of nitrogens with zero attached hydrogens (tertiary/aromatic N) is 2. The molecule has 156 valence electrons. The summed E-state index contributed by atoms with van der Waals surface area (Å²) in [5, 5.41) is 4.60. The molecule has 0 radical (unpaired) electrons. The quantitative estimate of drug-likeness (QED) is 0.377. The molecule has 0 unspecified atom stereocenters. The van der Waals surface area contributed by atoms with Crippen molar-refractivity contribution >= 4 is 23.6 Å². The Kier molecular flexibility index (Phi) is 6.79. The number of rotatable bonds is 7. The minimum atomic E-state index is -4.43. The van der Waals surface area contributed by atoms with Gasteiger partial charge in [-0.25, -0.2) is 4.98 Å². The summed E-state index contributed by atoms with van der Waals surface area (Å²) in [7, 11) is 1.52. The second-order valence-corrected chi connectivity index (χ2v) is 6.50. The summed E-state index contributed by atoms with van der Waals surface area (Å²) < 4.78 is 48.8. The number of alkyl halides is 3. The van der Waals surface area contributed by atoms with E-state index < -0.39 is 11.7 Å². The van der Waals surface area contributed by atoms with Gasteiger partial charge in [-0.15, -0.1) is 0 Å². The number of methoxy groups -OCH3 is 1. The van der Waals surface area contributed by atoms with Gasteiger partial charge in [0.25, 0.3) is 0 Å². The Bertz CT molecular complexity index is 1020. The summed E-state index contributed by atoms with van der Waals surface area (Å²) in [4.78, 5) is 3.68. The van der Waals surface area contributed by atoms with E-state index >= 15 is 0 Å². The topological polar surface area (TPSA) is 55.7 Å². The summed E-state index contributed by atoms with van der Waals surface area (Å²) in [6.07, 6.45) is -2.20. The predicted octanol–water partition coefficient (Wildman–Crippen LogP) is 5.79. The molecule has 30 heavy (non-hydrogen) atoms. The van der Waals surface area contributed by atoms with E-state index in [-0.39, 0.29) is 12.4 Å². The van der Waals surface area contributed by atoms with Crippen molar-refractivity contribution in [3.63, 3.8) is 0 Å². The smallest absolute Gasteiger partial charge is 0.417 e. The van der Waals surface area contributed by atoms with E-state index in [1.165, 1.54) is 19.4 Å². The summed E-state index contributed by atoms with van der Waals surface area (Å²) in [6, 6.07) is 14.7. The zero-order valence-corrected chi connectivity index (χ0v) is 16.5. The molecule has 0 aliphatic rings. The highest BCUT2D eigenvalue weighted by molar-refractivity contribution is 6.31. The van der Waals surface area contributed by atoms with Crippen LogP contribution in [0.3, 0.4) is 0 Å². The van der Waals surface area contributed by atoms with Crippen LogP contribution in [0.2, 0.25) is 5.02 Å². The van der Waals surface area contributed by atoms with Gasteiger partial charge in [-0.1, -0.05) is 29.8 Å². The maximum Gasteiger partial charge on any atom is 0.417 e. The van der Waals surface area contributed by atoms with Crippen molar-refractivity contribution < 1.29 is 22.6 Å². The molecule has 9 heteroatoms. The lowest BCUT2D eigenvalue weighted by molar-refractivity contribution is -0.137. The number of anilines is 1. The normalized spacial score (nSPS) is 11.5. The second-order valence-electron chi connectivity index (χ2n) is 6.09. The third kappa shape index (κ3) is 5.64. The SMILES string of the molecule is COc1cc(/C=N\Nc2ccc(C(F)(F)F)cn2)ccc1OCc1ccccc1Cl. The molecule has 0 saturated carbocycles. The van der Waals surface area contributed by atoms with Crippen molar-refractivity contribution in [3.8, 4) is 11.5 Å². The molecular formula is C21H17ClF3N3O2. The molecule has 1 heterocycles. The monoisotopic (exact) mass is 435 g/mol. The van der Waals surface area contributed by atoms with Crippen LogP contribution in [0.15, 0.2) is 65.9 Å². The summed E-state index contributed by atoms with van der Waals surface area (Å²) in [5.74, 6) is 1.22. The van der Waals surface area contributed by atoms with Crippen LogP contribution in [-0.4, -0.2) is 18.3 Å². The van der Waals surface area contributed by atoms with E-state index in [1.54, 1.807) is 24.3 Å². The highest BCUT2D eigenvalue weighted by Gasteiger charge is 2.30. The van der Waals surface area contributed by atoms with Crippen molar-refractivity contribution in [2.24, 2.45) is 5.10 Å². The van der Waals surface area contributed by atoms with Crippen molar-refractivity contribution in [1.29, 1.82) is 0 Å². The highest BCUT2D eigenvalue weighted by Crippen LogP contribution is 2.30. The molecule has 0 atom stereocenters. The summed E-state index contributed by atoms with van der Waals surface area (Å²) in [6.45, 7) is 0.282. The maximum atomic E-state index is 12.5. The summed E-state index contributed by atoms with van der Waals surface area (Å²) in [5.41, 5.74) is 3.29. The van der Waals surface area contributed by atoms with Crippen LogP contribution in [0, 0.1) is 0 Å². The molecule has 0 bridgehead atoms. The minimum Gasteiger partial charge on any atom is -0.493 e. The van der Waals surface area contributed by atoms with E-state index in [0.29, 0.717) is 22.1 Å². The Hall–Kier alpha value is -3.26. The molecule has 1 aromatic heterocycles. The molecule has 0 aliphatic heterocycles. The lowest BCUT2D eigenvalue weighted by atomic mass is 10.2. The van der Waals surface area contributed by atoms with Crippen LogP contribution < -0.4 is 14.9 Å². The number of nitrogens with one attached hydrogen (secondary N) is 1. The van der Waals surface area contributed by atoms with Gasteiger partial charge in [0.15, 0.2) is 11.5 Å². The minimum absolute atomic E-state index is 0.186. The third-order valence-corrected chi connectivity index (χ3v) is 4.38. The molecule has 3 rings (SSSR count). The van der Waals surface area contributed by atoms with Crippen LogP contribution in [0.5, 0.6) is 11.5 Å². The van der Waals surface area contributed by atoms with Crippen LogP contribution in [-0.2, 0) is 12.8 Å². The predicted molar refractivity (Wildman–Crippen MR) is 109 cm³/mol. The van der Waals surface area contributed by atoms with Crippen LogP contribution in [0.1, 0.15) is 16.7 Å². The number of aromatic nitrogens is 1. The number of halogens is 4. The molecule has 3 aromatic rings. The zero-order chi connectivity index (χ0) is 21.6. The second kappa shape index (κ2) is 9.49. The van der Waals surface area contributed by atoms with Gasteiger partial charge in [-0.05, 0) is 42.0 Å². The molecule has 2 aromatic carbocycles. The first-order valence-corrected chi connectivity index (χ1v) is 9.11. The maximum absolute atomic E-state index is 12.5. The van der Waals surface area contributed by atoms with Crippen LogP contribution in [0.4, 0.5) is 19.0 Å². The number of benzene rings is 2. The highest BCUT2D eigenvalue weighted by atomic mass is 35.5. The van der Waals surface area contributed by atoms with Gasteiger partial charge in [0.2, 0.25) is 0 Å². The Labute approximate surface area is 176 Å². The number of ether oxygens (including phenoxy) is 2. The molecule has 0 fully saturated rings. The molecule has 5 nitrogen and oxygen atoms in total. The first-order valence-electron chi connectivity index (χ1n) is 8.73. The number of hydrogen-bond acceptors (Lipinski definition) is 5. The molecule has 1 N–H and O–H groups in total. The van der Waals surface area contributed by atoms with Crippen LogP contribution >= 0.6 is 11.6 Å². The van der Waals surface area contributed by atoms with E-state index in [0.717, 1.165) is 17.8 Å². The fourth-order valence-corrected chi connectivity index (χ4v) is 2.65. The van der Waals surface area contributed by atoms with Crippen LogP contribution in [0.25, 0.3) is 0 Å². The Morgan fingerprint density at radius 2 is 1.90 bits per heavy atom. The average molecular weight is 436 g/mol.